The molecule has 0 bridgehead atoms. The van der Waals surface area contributed by atoms with Crippen molar-refractivity contribution >= 4 is 34.6 Å². The van der Waals surface area contributed by atoms with Crippen molar-refractivity contribution in [3.8, 4) is 17.2 Å². The second-order valence-corrected chi connectivity index (χ2v) is 12.1. The van der Waals surface area contributed by atoms with E-state index in [1.165, 1.54) is 24.3 Å². The minimum atomic E-state index is -3.25. The first kappa shape index (κ1) is 32.3. The van der Waals surface area contributed by atoms with E-state index in [0.29, 0.717) is 66.3 Å². The number of benzene rings is 4. The molecule has 5 aromatic rings. The van der Waals surface area contributed by atoms with E-state index >= 15 is 0 Å². The highest BCUT2D eigenvalue weighted by Crippen LogP contribution is 2.50. The van der Waals surface area contributed by atoms with Crippen LogP contribution >= 0.6 is 0 Å². The Hall–Kier alpha value is -5.92. The van der Waals surface area contributed by atoms with Crippen LogP contribution < -0.4 is 19.3 Å². The molecule has 1 fully saturated rings. The molecule has 3 aliphatic heterocycles. The summed E-state index contributed by atoms with van der Waals surface area (Å²) in [5.74, 6) is 0.515. The zero-order valence-electron chi connectivity index (χ0n) is 27.1. The number of halogens is 5. The number of alkyl halides is 4. The van der Waals surface area contributed by atoms with Crippen molar-refractivity contribution in [3.05, 3.63) is 120 Å². The normalized spacial score (nSPS) is 16.8. The number of ether oxygens (including phenoxy) is 2. The Morgan fingerprint density at radius 3 is 2.12 bits per heavy atom. The lowest BCUT2D eigenvalue weighted by molar-refractivity contribution is -0.0547. The van der Waals surface area contributed by atoms with Gasteiger partial charge in [-0.15, -0.1) is 0 Å². The van der Waals surface area contributed by atoms with Crippen LogP contribution in [0, 0.1) is 12.7 Å². The molecule has 0 radical (unpaired) electrons. The van der Waals surface area contributed by atoms with Gasteiger partial charge in [0.25, 0.3) is 0 Å². The number of para-hydroxylation sites is 3. The lowest BCUT2D eigenvalue weighted by Gasteiger charge is -2.44. The van der Waals surface area contributed by atoms with Crippen LogP contribution in [0.2, 0.25) is 0 Å². The highest BCUT2D eigenvalue weighted by atomic mass is 19.3. The average Bonchev–Trinajstić information content (AvgIpc) is 3.46. The summed E-state index contributed by atoms with van der Waals surface area (Å²) in [5, 5.41) is 4.87. The molecule has 1 aromatic heterocycles. The third-order valence-corrected chi connectivity index (χ3v) is 9.11. The van der Waals surface area contributed by atoms with Gasteiger partial charge in [-0.3, -0.25) is 0 Å². The van der Waals surface area contributed by atoms with Crippen molar-refractivity contribution in [3.63, 3.8) is 0 Å². The van der Waals surface area contributed by atoms with Gasteiger partial charge in [-0.25, -0.2) is 19.1 Å². The first-order valence-electron chi connectivity index (χ1n) is 16.2. The number of aromatic nitrogens is 2. The van der Waals surface area contributed by atoms with Gasteiger partial charge in [-0.05, 0) is 67.6 Å². The standard InChI is InChI=1S/C37H30F5N7O2/c1-22-31-32(27-16-15-26(50-36(39)40)21-30(27)51-37(41)42)48-29-10-6-5-9-28(29)43-34(35(48)44-33(31)49(45-22)25-7-3-2-4-8-25)47-19-17-46(18-20-47)24-13-11-23(38)12-14-24/h2-16,21,32,36-37H,17-20H2,1H3. The number of hydrogen-bond acceptors (Lipinski definition) is 8. The van der Waals surface area contributed by atoms with Crippen molar-refractivity contribution in [1.82, 2.24) is 14.7 Å². The fourth-order valence-corrected chi connectivity index (χ4v) is 6.90. The van der Waals surface area contributed by atoms with Crippen LogP contribution in [-0.2, 0) is 0 Å². The Morgan fingerprint density at radius 1 is 0.706 bits per heavy atom. The second-order valence-electron chi connectivity index (χ2n) is 12.1. The van der Waals surface area contributed by atoms with Crippen LogP contribution in [0.4, 0.5) is 44.8 Å². The van der Waals surface area contributed by atoms with Gasteiger partial charge in [0.2, 0.25) is 0 Å². The Bertz CT molecular complexity index is 2130. The van der Waals surface area contributed by atoms with Gasteiger partial charge in [0.05, 0.1) is 28.8 Å². The van der Waals surface area contributed by atoms with Gasteiger partial charge in [-0.1, -0.05) is 30.3 Å². The van der Waals surface area contributed by atoms with E-state index in [9.17, 15) is 22.0 Å². The van der Waals surface area contributed by atoms with Crippen LogP contribution in [0.1, 0.15) is 22.9 Å². The van der Waals surface area contributed by atoms with E-state index in [-0.39, 0.29) is 22.9 Å². The van der Waals surface area contributed by atoms with E-state index in [1.807, 2.05) is 66.4 Å². The van der Waals surface area contributed by atoms with E-state index in [1.54, 1.807) is 16.8 Å². The minimum Gasteiger partial charge on any atom is -0.435 e. The summed E-state index contributed by atoms with van der Waals surface area (Å²) in [6, 6.07) is 26.2. The monoisotopic (exact) mass is 699 g/mol. The Balaban J connectivity index is 1.30. The van der Waals surface area contributed by atoms with Gasteiger partial charge >= 0.3 is 13.2 Å². The van der Waals surface area contributed by atoms with E-state index in [2.05, 4.69) is 14.5 Å². The van der Waals surface area contributed by atoms with Gasteiger partial charge in [0.1, 0.15) is 17.3 Å². The van der Waals surface area contributed by atoms with Crippen molar-refractivity contribution in [1.29, 1.82) is 0 Å². The number of aryl methyl sites for hydroxylation is 1. The largest absolute Gasteiger partial charge is 0.435 e. The zero-order chi connectivity index (χ0) is 35.2. The fourth-order valence-electron chi connectivity index (χ4n) is 6.90. The topological polar surface area (TPSA) is 70.7 Å². The SMILES string of the molecule is Cc1nn(-c2ccccc2)c2c1C(c1ccc(OC(F)F)cc1OC(F)F)N1C(=N2)C(N2CCN(c3ccc(F)cc3)CC2)=Nc2ccccc21. The summed E-state index contributed by atoms with van der Waals surface area (Å²) in [6.45, 7) is -2.26. The number of amidine groups is 2. The van der Waals surface area contributed by atoms with E-state index in [0.717, 1.165) is 17.4 Å². The predicted molar refractivity (Wildman–Crippen MR) is 183 cm³/mol. The zero-order valence-corrected chi connectivity index (χ0v) is 27.1. The number of aliphatic imine (C=N–C) groups is 2. The molecule has 260 valence electrons. The number of rotatable bonds is 7. The molecular weight excluding hydrogens is 669 g/mol. The lowest BCUT2D eigenvalue weighted by atomic mass is 9.92. The van der Waals surface area contributed by atoms with Crippen LogP contribution in [0.3, 0.4) is 0 Å². The molecule has 1 atom stereocenters. The van der Waals surface area contributed by atoms with Crippen molar-refractivity contribution in [2.75, 3.05) is 36.0 Å². The quantitative estimate of drug-likeness (QED) is 0.160. The van der Waals surface area contributed by atoms with Crippen LogP contribution in [0.25, 0.3) is 5.69 Å². The molecule has 1 unspecified atom stereocenters. The molecule has 0 amide bonds. The third kappa shape index (κ3) is 6.00. The number of hydrogen-bond donors (Lipinski definition) is 0. The third-order valence-electron chi connectivity index (χ3n) is 9.11. The maximum atomic E-state index is 14.0. The predicted octanol–water partition coefficient (Wildman–Crippen LogP) is 8.03. The second kappa shape index (κ2) is 13.1. The highest BCUT2D eigenvalue weighted by molar-refractivity contribution is 6.48. The van der Waals surface area contributed by atoms with E-state index < -0.39 is 19.3 Å². The molecule has 1 saturated heterocycles. The molecule has 4 heterocycles. The molecular formula is C37H30F5N7O2. The summed E-state index contributed by atoms with van der Waals surface area (Å²) in [7, 11) is 0. The smallest absolute Gasteiger partial charge is 0.387 e. The maximum Gasteiger partial charge on any atom is 0.387 e. The Labute approximate surface area is 289 Å². The molecule has 3 aliphatic rings. The molecule has 0 spiro atoms. The number of anilines is 2. The van der Waals surface area contributed by atoms with Crippen molar-refractivity contribution < 1.29 is 31.4 Å². The molecule has 8 rings (SSSR count). The minimum absolute atomic E-state index is 0.262. The van der Waals surface area contributed by atoms with Crippen LogP contribution in [-0.4, -0.2) is 65.8 Å². The summed E-state index contributed by atoms with van der Waals surface area (Å²) >= 11 is 0. The molecule has 4 aromatic carbocycles. The Kier molecular flexibility index (Phi) is 8.28. The van der Waals surface area contributed by atoms with Crippen molar-refractivity contribution in [2.45, 2.75) is 26.2 Å². The summed E-state index contributed by atoms with van der Waals surface area (Å²) in [4.78, 5) is 16.6. The first-order valence-corrected chi connectivity index (χ1v) is 16.2. The summed E-state index contributed by atoms with van der Waals surface area (Å²) in [5.41, 5.74) is 4.37. The lowest BCUT2D eigenvalue weighted by Crippen LogP contribution is -2.55. The molecule has 0 N–H and O–H groups in total. The van der Waals surface area contributed by atoms with Crippen LogP contribution in [0.5, 0.6) is 11.5 Å². The molecule has 51 heavy (non-hydrogen) atoms. The highest BCUT2D eigenvalue weighted by Gasteiger charge is 2.44. The number of piperazine rings is 1. The first-order chi connectivity index (χ1) is 24.7. The number of nitrogens with zero attached hydrogens (tertiary/aromatic N) is 7. The maximum absolute atomic E-state index is 14.0. The van der Waals surface area contributed by atoms with Gasteiger partial charge < -0.3 is 24.2 Å². The fraction of sp³-hybridized carbons (Fsp3) is 0.216. The summed E-state index contributed by atoms with van der Waals surface area (Å²) in [6.07, 6.45) is 0. The van der Waals surface area contributed by atoms with Gasteiger partial charge in [0.15, 0.2) is 17.5 Å². The van der Waals surface area contributed by atoms with Gasteiger partial charge in [0, 0.05) is 49.1 Å². The molecule has 14 heteroatoms. The Morgan fingerprint density at radius 2 is 1.39 bits per heavy atom. The molecule has 0 saturated carbocycles. The molecule has 0 aliphatic carbocycles. The average molecular weight is 700 g/mol. The summed E-state index contributed by atoms with van der Waals surface area (Å²) < 4.78 is 79.4. The number of fused-ring (bicyclic) bond motifs is 4. The van der Waals surface area contributed by atoms with Crippen molar-refractivity contribution in [2.24, 2.45) is 9.98 Å². The molecule has 9 nitrogen and oxygen atoms in total. The van der Waals surface area contributed by atoms with Gasteiger partial charge in [-0.2, -0.15) is 22.7 Å². The van der Waals surface area contributed by atoms with Crippen LogP contribution in [0.15, 0.2) is 107 Å². The van der Waals surface area contributed by atoms with E-state index in [4.69, 9.17) is 19.8 Å².